The molecule has 1 aliphatic rings. The molecule has 0 saturated carbocycles. The summed E-state index contributed by atoms with van der Waals surface area (Å²) in [5.41, 5.74) is 3.19. The van der Waals surface area contributed by atoms with Gasteiger partial charge in [0.15, 0.2) is 0 Å². The van der Waals surface area contributed by atoms with Crippen LogP contribution in [0.2, 0.25) is 0 Å². The number of thiocarbonyl (C=S) groups is 1. The maximum absolute atomic E-state index is 13.8. The second-order valence-corrected chi connectivity index (χ2v) is 8.08. The lowest BCUT2D eigenvalue weighted by Gasteiger charge is -2.15. The molecule has 1 heterocycles. The molecule has 0 radical (unpaired) electrons. The first-order chi connectivity index (χ1) is 13.4. The van der Waals surface area contributed by atoms with E-state index in [1.165, 1.54) is 17.0 Å². The van der Waals surface area contributed by atoms with Crippen LogP contribution in [0.5, 0.6) is 0 Å². The molecule has 2 aromatic rings. The molecule has 2 amide bonds. The lowest BCUT2D eigenvalue weighted by molar-refractivity contribution is -0.122. The van der Waals surface area contributed by atoms with Crippen molar-refractivity contribution >= 4 is 51.9 Å². The highest BCUT2D eigenvalue weighted by Crippen LogP contribution is 2.33. The second kappa shape index (κ2) is 8.67. The number of carbonyl (C=O) groups is 2. The Morgan fingerprint density at radius 2 is 1.96 bits per heavy atom. The van der Waals surface area contributed by atoms with Crippen molar-refractivity contribution in [1.29, 1.82) is 0 Å². The van der Waals surface area contributed by atoms with E-state index < -0.39 is 5.82 Å². The van der Waals surface area contributed by atoms with Crippen molar-refractivity contribution in [2.75, 3.05) is 11.9 Å². The molecule has 1 aliphatic heterocycles. The summed E-state index contributed by atoms with van der Waals surface area (Å²) in [4.78, 5) is 26.6. The SMILES string of the molecule is Cc1cccc(NC(=O)CCN2C(=O)/C(=C/c3ccccc3F)SC2=S)c1C. The molecule has 1 saturated heterocycles. The number of amides is 2. The largest absolute Gasteiger partial charge is 0.326 e. The van der Waals surface area contributed by atoms with E-state index in [-0.39, 0.29) is 24.8 Å². The Balaban J connectivity index is 1.64. The highest BCUT2D eigenvalue weighted by Gasteiger charge is 2.32. The van der Waals surface area contributed by atoms with Crippen LogP contribution < -0.4 is 5.32 Å². The highest BCUT2D eigenvalue weighted by molar-refractivity contribution is 8.26. The summed E-state index contributed by atoms with van der Waals surface area (Å²) < 4.78 is 14.2. The number of aryl methyl sites for hydroxylation is 1. The fourth-order valence-electron chi connectivity index (χ4n) is 2.74. The van der Waals surface area contributed by atoms with Crippen LogP contribution in [0, 0.1) is 19.7 Å². The minimum Gasteiger partial charge on any atom is -0.326 e. The quantitative estimate of drug-likeness (QED) is 0.570. The van der Waals surface area contributed by atoms with Crippen LogP contribution in [0.15, 0.2) is 47.4 Å². The van der Waals surface area contributed by atoms with Crippen molar-refractivity contribution in [3.05, 3.63) is 69.9 Å². The molecule has 0 spiro atoms. The first-order valence-electron chi connectivity index (χ1n) is 8.73. The molecule has 144 valence electrons. The van der Waals surface area contributed by atoms with Crippen molar-refractivity contribution < 1.29 is 14.0 Å². The van der Waals surface area contributed by atoms with E-state index in [9.17, 15) is 14.0 Å². The topological polar surface area (TPSA) is 49.4 Å². The Labute approximate surface area is 172 Å². The minimum absolute atomic E-state index is 0.118. The molecule has 0 aliphatic carbocycles. The van der Waals surface area contributed by atoms with Crippen LogP contribution in [0.4, 0.5) is 10.1 Å². The van der Waals surface area contributed by atoms with Gasteiger partial charge in [0.1, 0.15) is 10.1 Å². The van der Waals surface area contributed by atoms with Gasteiger partial charge in [0.05, 0.1) is 4.91 Å². The first-order valence-corrected chi connectivity index (χ1v) is 9.95. The van der Waals surface area contributed by atoms with Crippen LogP contribution in [-0.4, -0.2) is 27.6 Å². The van der Waals surface area contributed by atoms with E-state index in [4.69, 9.17) is 12.2 Å². The Kier molecular flexibility index (Phi) is 6.26. The average molecular weight is 415 g/mol. The van der Waals surface area contributed by atoms with Gasteiger partial charge in [0.25, 0.3) is 5.91 Å². The van der Waals surface area contributed by atoms with E-state index >= 15 is 0 Å². The van der Waals surface area contributed by atoms with Gasteiger partial charge in [0, 0.05) is 24.2 Å². The maximum atomic E-state index is 13.8. The third kappa shape index (κ3) is 4.48. The predicted molar refractivity (Wildman–Crippen MR) is 115 cm³/mol. The summed E-state index contributed by atoms with van der Waals surface area (Å²) in [6.45, 7) is 4.10. The Hall–Kier alpha value is -2.51. The third-order valence-electron chi connectivity index (χ3n) is 4.51. The van der Waals surface area contributed by atoms with Crippen molar-refractivity contribution in [1.82, 2.24) is 4.90 Å². The predicted octanol–water partition coefficient (Wildman–Crippen LogP) is 4.67. The minimum atomic E-state index is -0.402. The van der Waals surface area contributed by atoms with E-state index in [2.05, 4.69) is 5.32 Å². The lowest BCUT2D eigenvalue weighted by atomic mass is 10.1. The second-order valence-electron chi connectivity index (χ2n) is 6.40. The number of benzene rings is 2. The van der Waals surface area contributed by atoms with E-state index in [0.29, 0.717) is 14.8 Å². The molecule has 1 fully saturated rings. The number of hydrogen-bond acceptors (Lipinski definition) is 4. The Morgan fingerprint density at radius 3 is 2.71 bits per heavy atom. The van der Waals surface area contributed by atoms with Crippen LogP contribution in [0.25, 0.3) is 6.08 Å². The molecule has 0 atom stereocenters. The van der Waals surface area contributed by atoms with Gasteiger partial charge in [-0.2, -0.15) is 0 Å². The molecule has 4 nitrogen and oxygen atoms in total. The Morgan fingerprint density at radius 1 is 1.21 bits per heavy atom. The highest BCUT2D eigenvalue weighted by atomic mass is 32.2. The fourth-order valence-corrected chi connectivity index (χ4v) is 4.04. The zero-order valence-electron chi connectivity index (χ0n) is 15.5. The molecule has 28 heavy (non-hydrogen) atoms. The van der Waals surface area contributed by atoms with Crippen LogP contribution >= 0.6 is 24.0 Å². The van der Waals surface area contributed by atoms with Gasteiger partial charge in [-0.3, -0.25) is 14.5 Å². The summed E-state index contributed by atoms with van der Waals surface area (Å²) in [6, 6.07) is 11.9. The monoisotopic (exact) mass is 414 g/mol. The number of rotatable bonds is 5. The van der Waals surface area contributed by atoms with Gasteiger partial charge >= 0.3 is 0 Å². The maximum Gasteiger partial charge on any atom is 0.266 e. The first kappa shape index (κ1) is 20.2. The molecule has 0 aromatic heterocycles. The van der Waals surface area contributed by atoms with Gasteiger partial charge in [-0.1, -0.05) is 54.3 Å². The molecule has 0 bridgehead atoms. The summed E-state index contributed by atoms with van der Waals surface area (Å²) in [7, 11) is 0. The van der Waals surface area contributed by atoms with E-state index in [1.807, 2.05) is 32.0 Å². The molecule has 1 N–H and O–H groups in total. The molecule has 3 rings (SSSR count). The molecular formula is C21H19FN2O2S2. The van der Waals surface area contributed by atoms with Gasteiger partial charge < -0.3 is 5.32 Å². The Bertz CT molecular complexity index is 988. The molecule has 0 unspecified atom stereocenters. The van der Waals surface area contributed by atoms with Crippen molar-refractivity contribution in [3.8, 4) is 0 Å². The van der Waals surface area contributed by atoms with Gasteiger partial charge in [0.2, 0.25) is 5.91 Å². The average Bonchev–Trinajstić information content (AvgIpc) is 2.92. The summed E-state index contributed by atoms with van der Waals surface area (Å²) in [6.07, 6.45) is 1.61. The van der Waals surface area contributed by atoms with Crippen molar-refractivity contribution in [3.63, 3.8) is 0 Å². The summed E-state index contributed by atoms with van der Waals surface area (Å²) in [5.74, 6) is -0.903. The number of thioether (sulfide) groups is 1. The van der Waals surface area contributed by atoms with Crippen LogP contribution in [-0.2, 0) is 9.59 Å². The normalized spacial score (nSPS) is 15.4. The number of hydrogen-bond donors (Lipinski definition) is 1. The smallest absolute Gasteiger partial charge is 0.266 e. The zero-order valence-corrected chi connectivity index (χ0v) is 17.1. The summed E-state index contributed by atoms with van der Waals surface area (Å²) in [5, 5.41) is 2.87. The van der Waals surface area contributed by atoms with Gasteiger partial charge in [-0.15, -0.1) is 0 Å². The molecule has 2 aromatic carbocycles. The van der Waals surface area contributed by atoms with Crippen LogP contribution in [0.3, 0.4) is 0 Å². The van der Waals surface area contributed by atoms with Crippen molar-refractivity contribution in [2.24, 2.45) is 0 Å². The lowest BCUT2D eigenvalue weighted by Crippen LogP contribution is -2.31. The number of nitrogens with zero attached hydrogens (tertiary/aromatic N) is 1. The number of halogens is 1. The van der Waals surface area contributed by atoms with Crippen molar-refractivity contribution in [2.45, 2.75) is 20.3 Å². The fraction of sp³-hybridized carbons (Fsp3) is 0.190. The summed E-state index contributed by atoms with van der Waals surface area (Å²) >= 11 is 6.38. The van der Waals surface area contributed by atoms with Crippen LogP contribution in [0.1, 0.15) is 23.1 Å². The van der Waals surface area contributed by atoms with Gasteiger partial charge in [-0.05, 0) is 43.2 Å². The standard InChI is InChI=1S/C21H19FN2O2S2/c1-13-6-5-9-17(14(13)2)23-19(25)10-11-24-20(26)18(28-21(24)27)12-15-7-3-4-8-16(15)22/h3-9,12H,10-11H2,1-2H3,(H,23,25)/b18-12-. The molecule has 7 heteroatoms. The zero-order chi connectivity index (χ0) is 20.3. The number of nitrogens with one attached hydrogen (secondary N) is 1. The van der Waals surface area contributed by atoms with Gasteiger partial charge in [-0.25, -0.2) is 4.39 Å². The number of carbonyl (C=O) groups excluding carboxylic acids is 2. The van der Waals surface area contributed by atoms with E-state index in [0.717, 1.165) is 28.6 Å². The van der Waals surface area contributed by atoms with E-state index in [1.54, 1.807) is 18.2 Å². The molecular weight excluding hydrogens is 395 g/mol. The third-order valence-corrected chi connectivity index (χ3v) is 5.88. The number of anilines is 1.